The number of phenols is 2. The molecule has 0 radical (unpaired) electrons. The van der Waals surface area contributed by atoms with Crippen LogP contribution in [0.4, 0.5) is 0 Å². The molecule has 0 aliphatic carbocycles. The Morgan fingerprint density at radius 2 is 0.846 bits per heavy atom. The fourth-order valence-electron chi connectivity index (χ4n) is 3.96. The van der Waals surface area contributed by atoms with E-state index in [4.69, 9.17) is 10.2 Å². The number of nitrogens with zero attached hydrogens (tertiary/aromatic N) is 6. The summed E-state index contributed by atoms with van der Waals surface area (Å²) in [5, 5.41) is 55.1. The van der Waals surface area contributed by atoms with Gasteiger partial charge in [-0.25, -0.2) is 0 Å². The van der Waals surface area contributed by atoms with Crippen LogP contribution in [0.1, 0.15) is 18.6 Å². The van der Waals surface area contributed by atoms with Crippen LogP contribution in [0.2, 0.25) is 0 Å². The molecule has 0 aliphatic heterocycles. The highest BCUT2D eigenvalue weighted by molar-refractivity contribution is 5.74. The van der Waals surface area contributed by atoms with Crippen LogP contribution < -0.4 is 0 Å². The number of rotatable bonds is 6. The molecule has 6 rings (SSSR count). The van der Waals surface area contributed by atoms with Crippen LogP contribution in [0.15, 0.2) is 84.9 Å². The summed E-state index contributed by atoms with van der Waals surface area (Å²) in [5.41, 5.74) is 5.98. The van der Waals surface area contributed by atoms with Gasteiger partial charge < -0.3 is 20.4 Å². The van der Waals surface area contributed by atoms with Crippen LogP contribution in [-0.4, -0.2) is 63.6 Å². The molecule has 0 spiro atoms. The number of aliphatic hydroxyl groups excluding tert-OH is 2. The van der Waals surface area contributed by atoms with Gasteiger partial charge >= 0.3 is 0 Å². The molecule has 10 heteroatoms. The zero-order valence-electron chi connectivity index (χ0n) is 20.4. The highest BCUT2D eigenvalue weighted by Gasteiger charge is 2.10. The lowest BCUT2D eigenvalue weighted by molar-refractivity contribution is 0.299. The maximum Gasteiger partial charge on any atom is 0.143 e. The van der Waals surface area contributed by atoms with E-state index in [9.17, 15) is 10.2 Å². The third-order valence-corrected chi connectivity index (χ3v) is 5.88. The Balaban J connectivity index is 0.000000176. The summed E-state index contributed by atoms with van der Waals surface area (Å²) in [7, 11) is 0. The SMILES string of the molecule is C.OCCc1ccc(O)c(-n2nc3ccccc3n2)c1.OCCc1ccc(O)c(-n2nc3ccccc3n2)c1. The van der Waals surface area contributed by atoms with Gasteiger partial charge in [-0.05, 0) is 72.5 Å². The zero-order chi connectivity index (χ0) is 26.5. The first-order valence-electron chi connectivity index (χ1n) is 12.1. The van der Waals surface area contributed by atoms with Crippen molar-refractivity contribution < 1.29 is 20.4 Å². The summed E-state index contributed by atoms with van der Waals surface area (Å²) >= 11 is 0. The highest BCUT2D eigenvalue weighted by Crippen LogP contribution is 2.24. The largest absolute Gasteiger partial charge is 0.506 e. The smallest absolute Gasteiger partial charge is 0.143 e. The molecule has 0 unspecified atom stereocenters. The normalized spacial score (nSPS) is 10.7. The van der Waals surface area contributed by atoms with Crippen molar-refractivity contribution in [2.24, 2.45) is 0 Å². The monoisotopic (exact) mass is 526 g/mol. The molecule has 2 heterocycles. The van der Waals surface area contributed by atoms with Crippen LogP contribution >= 0.6 is 0 Å². The second-order valence-corrected chi connectivity index (χ2v) is 8.55. The molecule has 39 heavy (non-hydrogen) atoms. The first-order chi connectivity index (χ1) is 18.6. The number of phenolic OH excluding ortho intramolecular Hbond substituents is 2. The molecule has 0 saturated heterocycles. The first-order valence-corrected chi connectivity index (χ1v) is 12.1. The molecule has 10 nitrogen and oxygen atoms in total. The van der Waals surface area contributed by atoms with Gasteiger partial charge in [-0.1, -0.05) is 43.8 Å². The Kier molecular flexibility index (Phi) is 8.50. The van der Waals surface area contributed by atoms with Gasteiger partial charge in [0.25, 0.3) is 0 Å². The van der Waals surface area contributed by atoms with E-state index in [1.165, 1.54) is 9.59 Å². The molecule has 6 aromatic rings. The molecule has 2 aromatic heterocycles. The number of aromatic nitrogens is 6. The lowest BCUT2D eigenvalue weighted by Gasteiger charge is -2.05. The third-order valence-electron chi connectivity index (χ3n) is 5.88. The van der Waals surface area contributed by atoms with Crippen LogP contribution in [-0.2, 0) is 12.8 Å². The van der Waals surface area contributed by atoms with E-state index in [0.29, 0.717) is 24.2 Å². The molecular weight excluding hydrogens is 496 g/mol. The number of aliphatic hydroxyl groups is 2. The predicted octanol–water partition coefficient (Wildman–Crippen LogP) is 3.96. The lowest BCUT2D eigenvalue weighted by atomic mass is 10.1. The lowest BCUT2D eigenvalue weighted by Crippen LogP contribution is -2.01. The molecule has 0 amide bonds. The Morgan fingerprint density at radius 3 is 1.15 bits per heavy atom. The summed E-state index contributed by atoms with van der Waals surface area (Å²) in [4.78, 5) is 2.84. The molecule has 0 fully saturated rings. The van der Waals surface area contributed by atoms with E-state index in [0.717, 1.165) is 33.2 Å². The molecule has 4 aromatic carbocycles. The molecule has 4 N–H and O–H groups in total. The standard InChI is InChI=1S/2C14H13N3O2.CH4/c2*18-8-7-10-5-6-14(19)13(9-10)17-15-11-3-1-2-4-12(11)16-17;/h2*1-6,9,18-19H,7-8H2;1H4. The Labute approximate surface area is 225 Å². The van der Waals surface area contributed by atoms with Crippen molar-refractivity contribution in [3.63, 3.8) is 0 Å². The molecule has 0 bridgehead atoms. The minimum absolute atomic E-state index is 0. The number of fused-ring (bicyclic) bond motifs is 2. The van der Waals surface area contributed by atoms with E-state index in [2.05, 4.69) is 20.4 Å². The van der Waals surface area contributed by atoms with Gasteiger partial charge in [0, 0.05) is 13.2 Å². The fraction of sp³-hybridized carbons (Fsp3) is 0.172. The number of aromatic hydroxyl groups is 2. The van der Waals surface area contributed by atoms with Crippen LogP contribution in [0.3, 0.4) is 0 Å². The van der Waals surface area contributed by atoms with Crippen LogP contribution in [0, 0.1) is 0 Å². The van der Waals surface area contributed by atoms with Gasteiger partial charge in [0.1, 0.15) is 44.9 Å². The van der Waals surface area contributed by atoms with Crippen molar-refractivity contribution in [2.45, 2.75) is 20.3 Å². The molecule has 0 atom stereocenters. The minimum Gasteiger partial charge on any atom is -0.506 e. The van der Waals surface area contributed by atoms with Gasteiger partial charge in [0.15, 0.2) is 0 Å². The summed E-state index contributed by atoms with van der Waals surface area (Å²) < 4.78 is 0. The van der Waals surface area contributed by atoms with Gasteiger partial charge in [-0.2, -0.15) is 0 Å². The van der Waals surface area contributed by atoms with Crippen LogP contribution in [0.25, 0.3) is 33.4 Å². The van der Waals surface area contributed by atoms with E-state index in [-0.39, 0.29) is 32.1 Å². The molecule has 0 saturated carbocycles. The van der Waals surface area contributed by atoms with Gasteiger partial charge in [-0.15, -0.1) is 30.0 Å². The Morgan fingerprint density at radius 1 is 0.513 bits per heavy atom. The summed E-state index contributed by atoms with van der Waals surface area (Å²) in [5.74, 6) is 0.226. The maximum absolute atomic E-state index is 9.92. The third kappa shape index (κ3) is 6.03. The fourth-order valence-corrected chi connectivity index (χ4v) is 3.96. The topological polar surface area (TPSA) is 142 Å². The van der Waals surface area contributed by atoms with E-state index in [1.807, 2.05) is 48.5 Å². The number of hydrogen-bond donors (Lipinski definition) is 4. The minimum atomic E-state index is 0. The predicted molar refractivity (Wildman–Crippen MR) is 149 cm³/mol. The van der Waals surface area contributed by atoms with Crippen LogP contribution in [0.5, 0.6) is 11.5 Å². The van der Waals surface area contributed by atoms with Gasteiger partial charge in [-0.3, -0.25) is 0 Å². The highest BCUT2D eigenvalue weighted by atomic mass is 16.3. The first kappa shape index (κ1) is 27.2. The second kappa shape index (κ2) is 12.2. The Bertz CT molecular complexity index is 1500. The van der Waals surface area contributed by atoms with E-state index >= 15 is 0 Å². The molecule has 200 valence electrons. The number of hydrogen-bond acceptors (Lipinski definition) is 8. The molecule has 0 aliphatic rings. The van der Waals surface area contributed by atoms with Crippen molar-refractivity contribution in [3.8, 4) is 22.9 Å². The summed E-state index contributed by atoms with van der Waals surface area (Å²) in [6.45, 7) is 0.136. The van der Waals surface area contributed by atoms with Crippen molar-refractivity contribution in [1.29, 1.82) is 0 Å². The summed E-state index contributed by atoms with van der Waals surface area (Å²) in [6.07, 6.45) is 1.07. The number of benzene rings is 4. The van der Waals surface area contributed by atoms with E-state index in [1.54, 1.807) is 36.4 Å². The Hall–Kier alpha value is -4.80. The van der Waals surface area contributed by atoms with E-state index < -0.39 is 0 Å². The maximum atomic E-state index is 9.92. The van der Waals surface area contributed by atoms with Crippen molar-refractivity contribution in [2.75, 3.05) is 13.2 Å². The summed E-state index contributed by atoms with van der Waals surface area (Å²) in [6, 6.07) is 25.3. The van der Waals surface area contributed by atoms with Crippen molar-refractivity contribution in [3.05, 3.63) is 96.1 Å². The quantitative estimate of drug-likeness (QED) is 0.255. The second-order valence-electron chi connectivity index (χ2n) is 8.55. The zero-order valence-corrected chi connectivity index (χ0v) is 20.4. The molecular formula is C29H30N6O4. The van der Waals surface area contributed by atoms with Crippen molar-refractivity contribution in [1.82, 2.24) is 30.0 Å². The van der Waals surface area contributed by atoms with Gasteiger partial charge in [0.2, 0.25) is 0 Å². The average molecular weight is 527 g/mol. The average Bonchev–Trinajstić information content (AvgIpc) is 3.56. The van der Waals surface area contributed by atoms with Crippen molar-refractivity contribution >= 4 is 22.1 Å². The van der Waals surface area contributed by atoms with Gasteiger partial charge in [0.05, 0.1) is 0 Å².